The van der Waals surface area contributed by atoms with Gasteiger partial charge < -0.3 is 9.73 Å². The van der Waals surface area contributed by atoms with E-state index in [1.165, 1.54) is 0 Å². The number of carbonyl (C=O) groups is 1. The van der Waals surface area contributed by atoms with Crippen LogP contribution in [0.5, 0.6) is 0 Å². The minimum atomic E-state index is 0.0698. The van der Waals surface area contributed by atoms with Gasteiger partial charge in [-0.05, 0) is 38.1 Å². The minimum absolute atomic E-state index is 0.0698. The number of nitrogens with one attached hydrogen (secondary N) is 1. The molecule has 2 aromatic rings. The number of para-hydroxylation sites is 1. The Bertz CT molecular complexity index is 633. The van der Waals surface area contributed by atoms with Gasteiger partial charge in [-0.25, -0.2) is 0 Å². The highest BCUT2D eigenvalue weighted by Crippen LogP contribution is 2.20. The first kappa shape index (κ1) is 15.7. The number of rotatable bonds is 5. The van der Waals surface area contributed by atoms with Crippen LogP contribution in [0.4, 0.5) is 5.69 Å². The summed E-state index contributed by atoms with van der Waals surface area (Å²) in [7, 11) is 0. The van der Waals surface area contributed by atoms with Crippen molar-refractivity contribution in [1.29, 1.82) is 0 Å². The average molecular weight is 314 g/mol. The van der Waals surface area contributed by atoms with Crippen LogP contribution in [0.1, 0.15) is 31.5 Å². The number of carbonyl (C=O) groups excluding carboxylic acids is 1. The second kappa shape index (κ2) is 7.37. The first-order valence-electron chi connectivity index (χ1n) is 8.14. The molecule has 0 atom stereocenters. The van der Waals surface area contributed by atoms with Crippen LogP contribution in [0.15, 0.2) is 34.7 Å². The summed E-state index contributed by atoms with van der Waals surface area (Å²) in [5.74, 6) is 1.52. The molecule has 1 aromatic carbocycles. The van der Waals surface area contributed by atoms with E-state index in [4.69, 9.17) is 4.42 Å². The molecule has 1 fully saturated rings. The first-order chi connectivity index (χ1) is 11.2. The van der Waals surface area contributed by atoms with Crippen molar-refractivity contribution < 1.29 is 9.21 Å². The standard InChI is InChI=1S/C17H22N4O2/c1-2-15-19-20-16(23-15)12-21-10-8-13(9-11-21)17(22)18-14-6-4-3-5-7-14/h3-7,13H,2,8-12H2,1H3,(H,18,22). The predicted octanol–water partition coefficient (Wildman–Crippen LogP) is 2.48. The maximum atomic E-state index is 12.3. The Labute approximate surface area is 135 Å². The van der Waals surface area contributed by atoms with Gasteiger partial charge in [0, 0.05) is 18.0 Å². The van der Waals surface area contributed by atoms with Crippen LogP contribution >= 0.6 is 0 Å². The van der Waals surface area contributed by atoms with Gasteiger partial charge in [-0.15, -0.1) is 10.2 Å². The fraction of sp³-hybridized carbons (Fsp3) is 0.471. The molecular weight excluding hydrogens is 292 g/mol. The molecule has 0 bridgehead atoms. The fourth-order valence-electron chi connectivity index (χ4n) is 2.81. The van der Waals surface area contributed by atoms with Crippen LogP contribution in [-0.4, -0.2) is 34.1 Å². The van der Waals surface area contributed by atoms with Gasteiger partial charge >= 0.3 is 0 Å². The number of hydrogen-bond donors (Lipinski definition) is 1. The van der Waals surface area contributed by atoms with Gasteiger partial charge in [0.25, 0.3) is 0 Å². The van der Waals surface area contributed by atoms with E-state index < -0.39 is 0 Å². The van der Waals surface area contributed by atoms with Gasteiger partial charge in [0.1, 0.15) is 0 Å². The van der Waals surface area contributed by atoms with Crippen molar-refractivity contribution in [2.45, 2.75) is 32.7 Å². The van der Waals surface area contributed by atoms with Crippen LogP contribution in [-0.2, 0) is 17.8 Å². The number of piperidine rings is 1. The fourth-order valence-corrected chi connectivity index (χ4v) is 2.81. The van der Waals surface area contributed by atoms with E-state index in [2.05, 4.69) is 20.4 Å². The van der Waals surface area contributed by atoms with Crippen molar-refractivity contribution in [3.8, 4) is 0 Å². The number of nitrogens with zero attached hydrogens (tertiary/aromatic N) is 3. The predicted molar refractivity (Wildman–Crippen MR) is 86.7 cm³/mol. The van der Waals surface area contributed by atoms with E-state index in [-0.39, 0.29) is 11.8 Å². The molecule has 0 radical (unpaired) electrons. The minimum Gasteiger partial charge on any atom is -0.424 e. The average Bonchev–Trinajstić information content (AvgIpc) is 3.04. The second-order valence-electron chi connectivity index (χ2n) is 5.85. The lowest BCUT2D eigenvalue weighted by Gasteiger charge is -2.30. The molecule has 1 aromatic heterocycles. The summed E-state index contributed by atoms with van der Waals surface area (Å²) in [6.45, 7) is 4.40. The molecule has 2 heterocycles. The molecule has 0 aliphatic carbocycles. The molecule has 1 saturated heterocycles. The van der Waals surface area contributed by atoms with Gasteiger partial charge in [0.15, 0.2) is 0 Å². The maximum absolute atomic E-state index is 12.3. The zero-order valence-electron chi connectivity index (χ0n) is 13.4. The Kier molecular flexibility index (Phi) is 5.02. The lowest BCUT2D eigenvalue weighted by molar-refractivity contribution is -0.121. The summed E-state index contributed by atoms with van der Waals surface area (Å²) >= 11 is 0. The molecule has 6 heteroatoms. The van der Waals surface area contributed by atoms with Crippen molar-refractivity contribution in [2.75, 3.05) is 18.4 Å². The topological polar surface area (TPSA) is 71.3 Å². The number of anilines is 1. The van der Waals surface area contributed by atoms with E-state index in [9.17, 15) is 4.79 Å². The lowest BCUT2D eigenvalue weighted by atomic mass is 9.96. The molecule has 122 valence electrons. The number of hydrogen-bond acceptors (Lipinski definition) is 5. The van der Waals surface area contributed by atoms with Crippen LogP contribution in [0.3, 0.4) is 0 Å². The highest BCUT2D eigenvalue weighted by atomic mass is 16.4. The van der Waals surface area contributed by atoms with Crippen LogP contribution < -0.4 is 5.32 Å². The summed E-state index contributed by atoms with van der Waals surface area (Å²) in [6, 6.07) is 9.61. The molecule has 3 rings (SSSR count). The van der Waals surface area contributed by atoms with Crippen molar-refractivity contribution in [1.82, 2.24) is 15.1 Å². The van der Waals surface area contributed by atoms with Crippen LogP contribution in [0.2, 0.25) is 0 Å². The SMILES string of the molecule is CCc1nnc(CN2CCC(C(=O)Nc3ccccc3)CC2)o1. The third-order valence-electron chi connectivity index (χ3n) is 4.17. The first-order valence-corrected chi connectivity index (χ1v) is 8.14. The number of aryl methyl sites for hydroxylation is 1. The molecule has 0 saturated carbocycles. The van der Waals surface area contributed by atoms with E-state index in [0.29, 0.717) is 18.3 Å². The number of benzene rings is 1. The highest BCUT2D eigenvalue weighted by molar-refractivity contribution is 5.92. The zero-order valence-corrected chi connectivity index (χ0v) is 13.4. The molecule has 0 unspecified atom stereocenters. The largest absolute Gasteiger partial charge is 0.424 e. The Morgan fingerprint density at radius 3 is 2.57 bits per heavy atom. The monoisotopic (exact) mass is 314 g/mol. The third-order valence-corrected chi connectivity index (χ3v) is 4.17. The van der Waals surface area contributed by atoms with E-state index in [0.717, 1.165) is 38.0 Å². The molecular formula is C17H22N4O2. The summed E-state index contributed by atoms with van der Waals surface area (Å²) < 4.78 is 5.55. The zero-order chi connectivity index (χ0) is 16.1. The Morgan fingerprint density at radius 2 is 1.91 bits per heavy atom. The van der Waals surface area contributed by atoms with Crippen molar-refractivity contribution >= 4 is 11.6 Å². The van der Waals surface area contributed by atoms with Crippen molar-refractivity contribution in [3.05, 3.63) is 42.1 Å². The molecule has 23 heavy (non-hydrogen) atoms. The van der Waals surface area contributed by atoms with Gasteiger partial charge in [-0.1, -0.05) is 25.1 Å². The summed E-state index contributed by atoms with van der Waals surface area (Å²) in [6.07, 6.45) is 2.47. The van der Waals surface area contributed by atoms with Crippen LogP contribution in [0.25, 0.3) is 0 Å². The molecule has 1 aliphatic heterocycles. The number of aromatic nitrogens is 2. The Hall–Kier alpha value is -2.21. The normalized spacial score (nSPS) is 16.4. The van der Waals surface area contributed by atoms with Crippen LogP contribution in [0, 0.1) is 5.92 Å². The number of amides is 1. The van der Waals surface area contributed by atoms with Crippen molar-refractivity contribution in [2.24, 2.45) is 5.92 Å². The maximum Gasteiger partial charge on any atom is 0.230 e. The smallest absolute Gasteiger partial charge is 0.230 e. The molecule has 1 aliphatic rings. The van der Waals surface area contributed by atoms with Crippen molar-refractivity contribution in [3.63, 3.8) is 0 Å². The summed E-state index contributed by atoms with van der Waals surface area (Å²) in [5.41, 5.74) is 0.859. The summed E-state index contributed by atoms with van der Waals surface area (Å²) in [4.78, 5) is 14.6. The molecule has 1 N–H and O–H groups in total. The summed E-state index contributed by atoms with van der Waals surface area (Å²) in [5, 5.41) is 11.0. The number of likely N-dealkylation sites (tertiary alicyclic amines) is 1. The van der Waals surface area contributed by atoms with Gasteiger partial charge in [-0.2, -0.15) is 0 Å². The van der Waals surface area contributed by atoms with E-state index in [1.807, 2.05) is 37.3 Å². The van der Waals surface area contributed by atoms with E-state index in [1.54, 1.807) is 0 Å². The lowest BCUT2D eigenvalue weighted by Crippen LogP contribution is -2.37. The van der Waals surface area contributed by atoms with Gasteiger partial charge in [0.05, 0.1) is 6.54 Å². The Balaban J connectivity index is 1.47. The molecule has 0 spiro atoms. The molecule has 1 amide bonds. The quantitative estimate of drug-likeness (QED) is 0.918. The molecule has 6 nitrogen and oxygen atoms in total. The van der Waals surface area contributed by atoms with Gasteiger partial charge in [0.2, 0.25) is 17.7 Å². The third kappa shape index (κ3) is 4.16. The van der Waals surface area contributed by atoms with Gasteiger partial charge in [-0.3, -0.25) is 9.69 Å². The second-order valence-corrected chi connectivity index (χ2v) is 5.85. The Morgan fingerprint density at radius 1 is 1.22 bits per heavy atom. The van der Waals surface area contributed by atoms with E-state index >= 15 is 0 Å². The highest BCUT2D eigenvalue weighted by Gasteiger charge is 2.25.